The lowest BCUT2D eigenvalue weighted by Gasteiger charge is -2.32. The molecule has 0 radical (unpaired) electrons. The van der Waals surface area contributed by atoms with Crippen LogP contribution in [0, 0.1) is 5.82 Å². The van der Waals surface area contributed by atoms with Crippen LogP contribution < -0.4 is 15.0 Å². The molecule has 0 bridgehead atoms. The highest BCUT2D eigenvalue weighted by atomic mass is 19.1. The Labute approximate surface area is 224 Å². The minimum absolute atomic E-state index is 0.0672. The van der Waals surface area contributed by atoms with Crippen molar-refractivity contribution in [2.24, 2.45) is 0 Å². The van der Waals surface area contributed by atoms with Crippen molar-refractivity contribution in [1.29, 1.82) is 0 Å². The second-order valence-corrected chi connectivity index (χ2v) is 10.0. The lowest BCUT2D eigenvalue weighted by molar-refractivity contribution is 0.0489. The monoisotopic (exact) mass is 534 g/mol. The topological polar surface area (TPSA) is 107 Å². The molecule has 0 unspecified atom stereocenters. The molecule has 1 saturated heterocycles. The summed E-state index contributed by atoms with van der Waals surface area (Å²) in [6.45, 7) is 5.24. The predicted octanol–water partition coefficient (Wildman–Crippen LogP) is 3.61. The number of aromatic amines is 1. The summed E-state index contributed by atoms with van der Waals surface area (Å²) >= 11 is 0. The Balaban J connectivity index is 1.32. The van der Waals surface area contributed by atoms with E-state index in [2.05, 4.69) is 32.3 Å². The van der Waals surface area contributed by atoms with Gasteiger partial charge in [0.1, 0.15) is 19.0 Å². The maximum absolute atomic E-state index is 13.4. The van der Waals surface area contributed by atoms with E-state index < -0.39 is 0 Å². The molecular formula is C28H31FN6O4. The van der Waals surface area contributed by atoms with Crippen molar-refractivity contribution >= 4 is 10.9 Å². The number of H-pyrrole nitrogens is 1. The third-order valence-corrected chi connectivity index (χ3v) is 7.35. The number of tetrazole rings is 1. The van der Waals surface area contributed by atoms with Gasteiger partial charge >= 0.3 is 0 Å². The minimum Gasteiger partial charge on any atom is -0.486 e. The van der Waals surface area contributed by atoms with Gasteiger partial charge < -0.3 is 19.2 Å². The molecule has 10 nitrogen and oxygen atoms in total. The molecule has 2 atom stereocenters. The maximum atomic E-state index is 13.4. The van der Waals surface area contributed by atoms with Crippen molar-refractivity contribution in [1.82, 2.24) is 30.1 Å². The van der Waals surface area contributed by atoms with Crippen molar-refractivity contribution in [2.45, 2.75) is 51.4 Å². The molecule has 2 aromatic heterocycles. The van der Waals surface area contributed by atoms with Crippen LogP contribution in [-0.4, -0.2) is 62.6 Å². The highest BCUT2D eigenvalue weighted by molar-refractivity contribution is 5.83. The fraction of sp³-hybridized carbons (Fsp3) is 0.429. The van der Waals surface area contributed by atoms with Crippen LogP contribution in [0.15, 0.2) is 47.3 Å². The molecular weight excluding hydrogens is 503 g/mol. The number of nitrogens with one attached hydrogen (secondary N) is 1. The third kappa shape index (κ3) is 5.50. The number of fused-ring (bicyclic) bond motifs is 2. The van der Waals surface area contributed by atoms with Crippen molar-refractivity contribution in [3.8, 4) is 11.5 Å². The fourth-order valence-electron chi connectivity index (χ4n) is 5.41. The summed E-state index contributed by atoms with van der Waals surface area (Å²) in [5.74, 6) is 1.72. The number of hydrogen-bond acceptors (Lipinski definition) is 8. The SMILES string of the molecule is CC[C@@H](c1nnnn1Cc1ccc(F)cc1)N(Cc1cc2cc3c(cc2[nH]c1=O)OCCO3)C[C@H]1CCCO1. The van der Waals surface area contributed by atoms with E-state index in [1.54, 1.807) is 16.8 Å². The molecule has 2 aliphatic heterocycles. The Morgan fingerprint density at radius 1 is 1.13 bits per heavy atom. The van der Waals surface area contributed by atoms with Gasteiger partial charge in [0.2, 0.25) is 0 Å². The summed E-state index contributed by atoms with van der Waals surface area (Å²) < 4.78 is 32.6. The lowest BCUT2D eigenvalue weighted by atomic mass is 10.1. The van der Waals surface area contributed by atoms with E-state index in [0.717, 1.165) is 36.8 Å². The summed E-state index contributed by atoms with van der Waals surface area (Å²) in [5, 5.41) is 13.5. The molecule has 6 rings (SSSR count). The van der Waals surface area contributed by atoms with Gasteiger partial charge in [0, 0.05) is 36.7 Å². The number of hydrogen-bond donors (Lipinski definition) is 1. The molecule has 1 fully saturated rings. The molecule has 2 aliphatic rings. The van der Waals surface area contributed by atoms with E-state index in [1.807, 2.05) is 18.2 Å². The number of halogens is 1. The van der Waals surface area contributed by atoms with Gasteiger partial charge in [-0.2, -0.15) is 0 Å². The first-order chi connectivity index (χ1) is 19.1. The highest BCUT2D eigenvalue weighted by Crippen LogP contribution is 2.34. The van der Waals surface area contributed by atoms with Gasteiger partial charge in [-0.05, 0) is 59.5 Å². The zero-order valence-corrected chi connectivity index (χ0v) is 21.8. The van der Waals surface area contributed by atoms with E-state index in [0.29, 0.717) is 61.3 Å². The summed E-state index contributed by atoms with van der Waals surface area (Å²) in [7, 11) is 0. The maximum Gasteiger partial charge on any atom is 0.252 e. The average molecular weight is 535 g/mol. The Hall–Kier alpha value is -3.83. The van der Waals surface area contributed by atoms with E-state index in [9.17, 15) is 9.18 Å². The van der Waals surface area contributed by atoms with E-state index in [4.69, 9.17) is 14.2 Å². The van der Waals surface area contributed by atoms with Crippen LogP contribution in [-0.2, 0) is 17.8 Å². The number of rotatable bonds is 9. The third-order valence-electron chi connectivity index (χ3n) is 7.35. The molecule has 1 N–H and O–H groups in total. The fourth-order valence-corrected chi connectivity index (χ4v) is 5.41. The second kappa shape index (κ2) is 11.1. The van der Waals surface area contributed by atoms with Crippen molar-refractivity contribution in [3.05, 3.63) is 75.6 Å². The second-order valence-electron chi connectivity index (χ2n) is 10.0. The first-order valence-corrected chi connectivity index (χ1v) is 13.4. The molecule has 2 aromatic carbocycles. The molecule has 39 heavy (non-hydrogen) atoms. The number of aromatic nitrogens is 5. The van der Waals surface area contributed by atoms with Crippen LogP contribution >= 0.6 is 0 Å². The molecule has 0 saturated carbocycles. The average Bonchev–Trinajstić information content (AvgIpc) is 3.62. The van der Waals surface area contributed by atoms with E-state index in [-0.39, 0.29) is 23.5 Å². The smallest absolute Gasteiger partial charge is 0.252 e. The van der Waals surface area contributed by atoms with Gasteiger partial charge in [-0.25, -0.2) is 9.07 Å². The number of benzene rings is 2. The van der Waals surface area contributed by atoms with Crippen LogP contribution in [0.5, 0.6) is 11.5 Å². The molecule has 0 spiro atoms. The Bertz CT molecular complexity index is 1500. The van der Waals surface area contributed by atoms with Gasteiger partial charge in [-0.15, -0.1) is 5.10 Å². The number of nitrogens with zero attached hydrogens (tertiary/aromatic N) is 5. The zero-order valence-electron chi connectivity index (χ0n) is 21.8. The first kappa shape index (κ1) is 25.4. The molecule has 0 aliphatic carbocycles. The summed E-state index contributed by atoms with van der Waals surface area (Å²) in [5.41, 5.74) is 2.07. The van der Waals surface area contributed by atoms with Gasteiger partial charge in [0.15, 0.2) is 17.3 Å². The standard InChI is InChI=1S/C28H31FN6O4/c1-2-24(27-31-32-33-35(27)15-18-5-7-21(29)8-6-18)34(17-22-4-3-9-37-22)16-20-12-19-13-25-26(39-11-10-38-25)14-23(19)30-28(20)36/h5-8,12-14,22,24H,2-4,9-11,15-17H2,1H3,(H,30,36)/t22-,24+/m1/s1. The van der Waals surface area contributed by atoms with Gasteiger partial charge in [-0.3, -0.25) is 9.69 Å². The molecule has 0 amide bonds. The summed E-state index contributed by atoms with van der Waals surface area (Å²) in [6.07, 6.45) is 2.77. The van der Waals surface area contributed by atoms with Crippen LogP contribution in [0.1, 0.15) is 49.2 Å². The Morgan fingerprint density at radius 3 is 2.67 bits per heavy atom. The van der Waals surface area contributed by atoms with Crippen molar-refractivity contribution in [3.63, 3.8) is 0 Å². The van der Waals surface area contributed by atoms with Gasteiger partial charge in [-0.1, -0.05) is 19.1 Å². The lowest BCUT2D eigenvalue weighted by Crippen LogP contribution is -2.37. The molecule has 204 valence electrons. The predicted molar refractivity (Wildman–Crippen MR) is 141 cm³/mol. The number of ether oxygens (including phenoxy) is 3. The largest absolute Gasteiger partial charge is 0.486 e. The first-order valence-electron chi connectivity index (χ1n) is 13.4. The minimum atomic E-state index is -0.287. The highest BCUT2D eigenvalue weighted by Gasteiger charge is 2.29. The molecule has 4 heterocycles. The Kier molecular flexibility index (Phi) is 7.25. The molecule has 4 aromatic rings. The molecule has 11 heteroatoms. The van der Waals surface area contributed by atoms with Crippen molar-refractivity contribution in [2.75, 3.05) is 26.4 Å². The van der Waals surface area contributed by atoms with Crippen molar-refractivity contribution < 1.29 is 18.6 Å². The summed E-state index contributed by atoms with van der Waals surface area (Å²) in [4.78, 5) is 18.5. The van der Waals surface area contributed by atoms with Crippen LogP contribution in [0.4, 0.5) is 4.39 Å². The van der Waals surface area contributed by atoms with E-state index in [1.165, 1.54) is 12.1 Å². The normalized spacial score (nSPS) is 17.7. The van der Waals surface area contributed by atoms with Crippen LogP contribution in [0.3, 0.4) is 0 Å². The van der Waals surface area contributed by atoms with Gasteiger partial charge in [0.25, 0.3) is 5.56 Å². The van der Waals surface area contributed by atoms with Crippen LogP contribution in [0.25, 0.3) is 10.9 Å². The quantitative estimate of drug-likeness (QED) is 0.347. The summed E-state index contributed by atoms with van der Waals surface area (Å²) in [6, 6.07) is 11.8. The van der Waals surface area contributed by atoms with E-state index >= 15 is 0 Å². The Morgan fingerprint density at radius 2 is 1.92 bits per heavy atom. The van der Waals surface area contributed by atoms with Crippen LogP contribution in [0.2, 0.25) is 0 Å². The van der Waals surface area contributed by atoms with Gasteiger partial charge in [0.05, 0.1) is 24.2 Å². The number of pyridine rings is 1. The zero-order chi connectivity index (χ0) is 26.8.